The quantitative estimate of drug-likeness (QED) is 0.607. The van der Waals surface area contributed by atoms with Crippen LogP contribution in [0.25, 0.3) is 0 Å². The van der Waals surface area contributed by atoms with Crippen LogP contribution < -0.4 is 9.64 Å². The number of amides is 1. The molecule has 3 aromatic rings. The Kier molecular flexibility index (Phi) is 6.42. The molecule has 5 rings (SSSR count). The van der Waals surface area contributed by atoms with Crippen molar-refractivity contribution in [3.05, 3.63) is 78.6 Å². The first-order valence-electron chi connectivity index (χ1n) is 11.7. The summed E-state index contributed by atoms with van der Waals surface area (Å²) in [6.07, 6.45) is 3.78. The van der Waals surface area contributed by atoms with Crippen LogP contribution in [0.5, 0.6) is 11.8 Å². The lowest BCUT2D eigenvalue weighted by Gasteiger charge is -2.39. The Morgan fingerprint density at radius 3 is 2.47 bits per heavy atom. The van der Waals surface area contributed by atoms with Crippen molar-refractivity contribution in [3.63, 3.8) is 0 Å². The number of benzene rings is 2. The summed E-state index contributed by atoms with van der Waals surface area (Å²) < 4.78 is 5.66. The zero-order chi connectivity index (χ0) is 23.4. The van der Waals surface area contributed by atoms with E-state index in [1.807, 2.05) is 6.07 Å². The Bertz CT molecular complexity index is 1110. The number of hydrogen-bond acceptors (Lipinski definition) is 7. The second kappa shape index (κ2) is 9.79. The van der Waals surface area contributed by atoms with Crippen LogP contribution in [0, 0.1) is 0 Å². The number of β-amino-alcohol motifs (C(OH)–C–C–N with tert-alkyl or cyclic N) is 1. The summed E-state index contributed by atoms with van der Waals surface area (Å²) in [5, 5.41) is 11.3. The second-order valence-electron chi connectivity index (χ2n) is 8.96. The highest BCUT2D eigenvalue weighted by molar-refractivity contribution is 5.94. The Morgan fingerprint density at radius 1 is 0.941 bits per heavy atom. The summed E-state index contributed by atoms with van der Waals surface area (Å²) in [4.78, 5) is 27.7. The molecular formula is C26H29N5O3. The van der Waals surface area contributed by atoms with Gasteiger partial charge < -0.3 is 19.6 Å². The van der Waals surface area contributed by atoms with E-state index in [2.05, 4.69) is 44.0 Å². The molecule has 2 aliphatic heterocycles. The number of carbonyl (C=O) groups is 1. The van der Waals surface area contributed by atoms with Gasteiger partial charge in [-0.3, -0.25) is 9.69 Å². The molecule has 34 heavy (non-hydrogen) atoms. The summed E-state index contributed by atoms with van der Waals surface area (Å²) in [5.41, 5.74) is 0.869. The van der Waals surface area contributed by atoms with Crippen molar-refractivity contribution in [2.45, 2.75) is 12.0 Å². The fraction of sp³-hybridized carbons (Fsp3) is 0.346. The minimum atomic E-state index is -0.892. The van der Waals surface area contributed by atoms with E-state index in [0.29, 0.717) is 37.4 Å². The van der Waals surface area contributed by atoms with Crippen LogP contribution in [0.3, 0.4) is 0 Å². The third-order valence-electron chi connectivity index (χ3n) is 6.46. The van der Waals surface area contributed by atoms with Crippen LogP contribution in [-0.4, -0.2) is 82.2 Å². The van der Waals surface area contributed by atoms with Crippen LogP contribution in [0.4, 0.5) is 5.69 Å². The van der Waals surface area contributed by atoms with Crippen LogP contribution in [0.1, 0.15) is 16.8 Å². The maximum Gasteiger partial charge on any atom is 0.321 e. The molecule has 1 amide bonds. The molecule has 0 radical (unpaired) electrons. The molecule has 1 atom stereocenters. The number of hydrogen-bond donors (Lipinski definition) is 1. The van der Waals surface area contributed by atoms with Crippen LogP contribution in [0.15, 0.2) is 73.1 Å². The summed E-state index contributed by atoms with van der Waals surface area (Å²) in [6, 6.07) is 19.4. The van der Waals surface area contributed by atoms with Crippen molar-refractivity contribution in [2.75, 3.05) is 50.7 Å². The third-order valence-corrected chi connectivity index (χ3v) is 6.46. The van der Waals surface area contributed by atoms with Gasteiger partial charge in [0.1, 0.15) is 5.75 Å². The van der Waals surface area contributed by atoms with Crippen molar-refractivity contribution in [3.8, 4) is 11.8 Å². The number of aromatic nitrogens is 2. The molecule has 1 aromatic heterocycles. The van der Waals surface area contributed by atoms with Gasteiger partial charge in [-0.2, -0.15) is 0 Å². The van der Waals surface area contributed by atoms with Gasteiger partial charge in [0, 0.05) is 62.9 Å². The second-order valence-corrected chi connectivity index (χ2v) is 8.96. The van der Waals surface area contributed by atoms with E-state index in [-0.39, 0.29) is 11.9 Å². The number of para-hydroxylation sites is 1. The third kappa shape index (κ3) is 5.18. The predicted molar refractivity (Wildman–Crippen MR) is 129 cm³/mol. The highest BCUT2D eigenvalue weighted by Crippen LogP contribution is 2.27. The Labute approximate surface area is 199 Å². The minimum absolute atomic E-state index is 0.107. The highest BCUT2D eigenvalue weighted by Gasteiger charge is 2.40. The fourth-order valence-corrected chi connectivity index (χ4v) is 4.70. The molecule has 8 heteroatoms. The SMILES string of the molecule is O=C(c1cccc(Oc2ncccn2)c1)N1CC[C@](O)(CN2CCN(c3ccccc3)CC2)C1. The van der Waals surface area contributed by atoms with Crippen LogP contribution >= 0.6 is 0 Å². The van der Waals surface area contributed by atoms with Crippen LogP contribution in [0.2, 0.25) is 0 Å². The molecule has 0 aliphatic carbocycles. The van der Waals surface area contributed by atoms with Gasteiger partial charge in [0.15, 0.2) is 0 Å². The van der Waals surface area contributed by atoms with Gasteiger partial charge in [-0.05, 0) is 42.8 Å². The van der Waals surface area contributed by atoms with Gasteiger partial charge in [-0.25, -0.2) is 9.97 Å². The number of likely N-dealkylation sites (tertiary alicyclic amines) is 1. The molecule has 0 saturated carbocycles. The number of rotatable bonds is 6. The lowest BCUT2D eigenvalue weighted by atomic mass is 10.0. The van der Waals surface area contributed by atoms with E-state index in [1.54, 1.807) is 47.6 Å². The standard InChI is InChI=1S/C26H29N5O3/c32-24(21-6-4-9-23(18-21)34-25-27-11-5-12-28-25)31-13-10-26(33,20-31)19-29-14-16-30(17-15-29)22-7-2-1-3-8-22/h1-9,11-12,18,33H,10,13-17,19-20H2/t26-/m0/s1. The highest BCUT2D eigenvalue weighted by atomic mass is 16.5. The Morgan fingerprint density at radius 2 is 1.71 bits per heavy atom. The van der Waals surface area contributed by atoms with Gasteiger partial charge in [0.25, 0.3) is 5.91 Å². The lowest BCUT2D eigenvalue weighted by molar-refractivity contribution is 0.0103. The number of piperazine rings is 1. The first-order chi connectivity index (χ1) is 16.6. The van der Waals surface area contributed by atoms with Crippen molar-refractivity contribution < 1.29 is 14.6 Å². The molecule has 2 saturated heterocycles. The molecule has 3 heterocycles. The first kappa shape index (κ1) is 22.3. The number of anilines is 1. The minimum Gasteiger partial charge on any atom is -0.424 e. The fourth-order valence-electron chi connectivity index (χ4n) is 4.70. The van der Waals surface area contributed by atoms with Gasteiger partial charge in [0.2, 0.25) is 0 Å². The molecule has 0 unspecified atom stereocenters. The largest absolute Gasteiger partial charge is 0.424 e. The zero-order valence-corrected chi connectivity index (χ0v) is 19.1. The number of aliphatic hydroxyl groups is 1. The maximum atomic E-state index is 13.1. The average Bonchev–Trinajstić information content (AvgIpc) is 3.27. The Hall–Kier alpha value is -3.49. The Balaban J connectivity index is 1.16. The molecule has 176 valence electrons. The lowest BCUT2D eigenvalue weighted by Crippen LogP contribution is -2.53. The van der Waals surface area contributed by atoms with Gasteiger partial charge in [-0.1, -0.05) is 24.3 Å². The van der Waals surface area contributed by atoms with Crippen molar-refractivity contribution in [1.29, 1.82) is 0 Å². The van der Waals surface area contributed by atoms with E-state index >= 15 is 0 Å². The molecule has 2 fully saturated rings. The molecule has 0 bridgehead atoms. The first-order valence-corrected chi connectivity index (χ1v) is 11.7. The molecule has 8 nitrogen and oxygen atoms in total. The normalized spacial score (nSPS) is 21.0. The molecule has 2 aromatic carbocycles. The smallest absolute Gasteiger partial charge is 0.321 e. The summed E-state index contributed by atoms with van der Waals surface area (Å²) in [6.45, 7) is 5.09. The number of carbonyl (C=O) groups excluding carboxylic acids is 1. The molecule has 0 spiro atoms. The molecule has 2 aliphatic rings. The van der Waals surface area contributed by atoms with E-state index in [0.717, 1.165) is 26.2 Å². The van der Waals surface area contributed by atoms with Crippen LogP contribution in [-0.2, 0) is 0 Å². The molecular weight excluding hydrogens is 430 g/mol. The summed E-state index contributed by atoms with van der Waals surface area (Å²) >= 11 is 0. The summed E-state index contributed by atoms with van der Waals surface area (Å²) in [7, 11) is 0. The monoisotopic (exact) mass is 459 g/mol. The van der Waals surface area contributed by atoms with E-state index < -0.39 is 5.60 Å². The number of nitrogens with zero attached hydrogens (tertiary/aromatic N) is 5. The predicted octanol–water partition coefficient (Wildman–Crippen LogP) is 2.67. The molecule has 1 N–H and O–H groups in total. The van der Waals surface area contributed by atoms with Crippen molar-refractivity contribution >= 4 is 11.6 Å². The van der Waals surface area contributed by atoms with E-state index in [9.17, 15) is 9.90 Å². The summed E-state index contributed by atoms with van der Waals surface area (Å²) in [5.74, 6) is 0.395. The van der Waals surface area contributed by atoms with E-state index in [4.69, 9.17) is 4.74 Å². The van der Waals surface area contributed by atoms with E-state index in [1.165, 1.54) is 5.69 Å². The van der Waals surface area contributed by atoms with Gasteiger partial charge >= 0.3 is 6.01 Å². The maximum absolute atomic E-state index is 13.1. The van der Waals surface area contributed by atoms with Crippen molar-refractivity contribution in [2.24, 2.45) is 0 Å². The van der Waals surface area contributed by atoms with Gasteiger partial charge in [0.05, 0.1) is 12.1 Å². The van der Waals surface area contributed by atoms with Gasteiger partial charge in [-0.15, -0.1) is 0 Å². The van der Waals surface area contributed by atoms with Crippen molar-refractivity contribution in [1.82, 2.24) is 19.8 Å². The number of ether oxygens (including phenoxy) is 1. The average molecular weight is 460 g/mol. The zero-order valence-electron chi connectivity index (χ0n) is 19.1. The topological polar surface area (TPSA) is 82.0 Å².